The summed E-state index contributed by atoms with van der Waals surface area (Å²) in [5, 5.41) is 3.70. The molecule has 7 nitrogen and oxygen atoms in total. The van der Waals surface area contributed by atoms with Crippen LogP contribution in [0.1, 0.15) is 46.4 Å². The molecule has 2 unspecified atom stereocenters. The van der Waals surface area contributed by atoms with Gasteiger partial charge in [-0.15, -0.1) is 0 Å². The summed E-state index contributed by atoms with van der Waals surface area (Å²) < 4.78 is 6.38. The molecule has 0 radical (unpaired) electrons. The molecule has 2 fully saturated rings. The number of anilines is 2. The number of fused-ring (bicyclic) bond motifs is 4. The van der Waals surface area contributed by atoms with Gasteiger partial charge in [0.1, 0.15) is 5.75 Å². The molecule has 2 bridgehead atoms. The van der Waals surface area contributed by atoms with Gasteiger partial charge in [-0.1, -0.05) is 29.8 Å². The molecular formula is C30H31ClN4O3. The Morgan fingerprint density at radius 1 is 1.03 bits per heavy atom. The molecule has 2 atom stereocenters. The number of ether oxygens (including phenoxy) is 1. The van der Waals surface area contributed by atoms with E-state index in [0.29, 0.717) is 41.5 Å². The Bertz CT molecular complexity index is 1430. The second-order valence-corrected chi connectivity index (χ2v) is 11.0. The molecule has 0 aliphatic carbocycles. The first kappa shape index (κ1) is 24.6. The Morgan fingerprint density at radius 2 is 1.79 bits per heavy atom. The number of carbonyl (C=O) groups is 2. The summed E-state index contributed by atoms with van der Waals surface area (Å²) in [7, 11) is 0. The van der Waals surface area contributed by atoms with Gasteiger partial charge in [0.05, 0.1) is 11.7 Å². The lowest BCUT2D eigenvalue weighted by molar-refractivity contribution is 0.0378. The Morgan fingerprint density at radius 3 is 2.58 bits per heavy atom. The van der Waals surface area contributed by atoms with E-state index in [-0.39, 0.29) is 18.0 Å². The van der Waals surface area contributed by atoms with Crippen LogP contribution in [0, 0.1) is 13.8 Å². The summed E-state index contributed by atoms with van der Waals surface area (Å²) in [5.74, 6) is 0.671. The van der Waals surface area contributed by atoms with E-state index in [1.54, 1.807) is 17.0 Å². The zero-order valence-corrected chi connectivity index (χ0v) is 22.6. The average Bonchev–Trinajstić information content (AvgIpc) is 2.90. The highest BCUT2D eigenvalue weighted by Crippen LogP contribution is 2.46. The zero-order valence-electron chi connectivity index (χ0n) is 21.8. The van der Waals surface area contributed by atoms with Gasteiger partial charge in [0, 0.05) is 54.4 Å². The molecule has 8 heteroatoms. The van der Waals surface area contributed by atoms with Gasteiger partial charge >= 0.3 is 6.03 Å². The lowest BCUT2D eigenvalue weighted by Gasteiger charge is -2.50. The molecule has 3 aliphatic rings. The molecule has 0 saturated carbocycles. The number of piperazine rings is 1. The normalized spacial score (nSPS) is 22.5. The molecule has 2 saturated heterocycles. The van der Waals surface area contributed by atoms with Crippen molar-refractivity contribution in [2.75, 3.05) is 36.0 Å². The van der Waals surface area contributed by atoms with E-state index in [0.717, 1.165) is 18.7 Å². The van der Waals surface area contributed by atoms with Crippen LogP contribution in [0.5, 0.6) is 5.75 Å². The Kier molecular flexibility index (Phi) is 5.99. The summed E-state index contributed by atoms with van der Waals surface area (Å²) in [5.41, 5.74) is 4.96. The number of nitrogens with zero attached hydrogens (tertiary/aromatic N) is 3. The van der Waals surface area contributed by atoms with E-state index in [1.165, 1.54) is 16.8 Å². The minimum atomic E-state index is -0.896. The second-order valence-electron chi connectivity index (χ2n) is 10.5. The maximum atomic E-state index is 13.5. The molecule has 1 N–H and O–H groups in total. The molecule has 196 valence electrons. The van der Waals surface area contributed by atoms with Crippen LogP contribution in [0.2, 0.25) is 5.02 Å². The third-order valence-corrected chi connectivity index (χ3v) is 8.30. The van der Waals surface area contributed by atoms with E-state index in [2.05, 4.69) is 42.3 Å². The van der Waals surface area contributed by atoms with E-state index in [1.807, 2.05) is 42.2 Å². The van der Waals surface area contributed by atoms with Crippen LogP contribution in [0.15, 0.2) is 60.7 Å². The molecule has 3 aromatic carbocycles. The maximum absolute atomic E-state index is 13.5. The van der Waals surface area contributed by atoms with Crippen molar-refractivity contribution >= 4 is 34.9 Å². The minimum Gasteiger partial charge on any atom is -0.467 e. The Labute approximate surface area is 227 Å². The SMILES string of the molecule is Cc1cccc(N2CCN(C(=O)c3cccc(N4C(=O)NC5CC4(C)Oc4ccc(Cl)cc45)c3)CC2)c1C. The zero-order chi connectivity index (χ0) is 26.6. The van der Waals surface area contributed by atoms with Crippen LogP contribution >= 0.6 is 11.6 Å². The molecule has 3 amide bonds. The van der Waals surface area contributed by atoms with Crippen molar-refractivity contribution < 1.29 is 14.3 Å². The van der Waals surface area contributed by atoms with Crippen LogP contribution in [0.3, 0.4) is 0 Å². The first-order valence-electron chi connectivity index (χ1n) is 13.0. The summed E-state index contributed by atoms with van der Waals surface area (Å²) in [4.78, 5) is 32.7. The van der Waals surface area contributed by atoms with Gasteiger partial charge in [-0.25, -0.2) is 4.79 Å². The number of halogens is 1. The highest BCUT2D eigenvalue weighted by molar-refractivity contribution is 6.30. The smallest absolute Gasteiger partial charge is 0.325 e. The number of carbonyl (C=O) groups excluding carboxylic acids is 2. The monoisotopic (exact) mass is 530 g/mol. The summed E-state index contributed by atoms with van der Waals surface area (Å²) in [6.07, 6.45) is 0.560. The number of nitrogens with one attached hydrogen (secondary N) is 1. The van der Waals surface area contributed by atoms with Crippen molar-refractivity contribution in [2.45, 2.75) is 39.0 Å². The topological polar surface area (TPSA) is 65.1 Å². The number of aryl methyl sites for hydroxylation is 1. The minimum absolute atomic E-state index is 0.0301. The van der Waals surface area contributed by atoms with E-state index in [4.69, 9.17) is 16.3 Å². The van der Waals surface area contributed by atoms with E-state index >= 15 is 0 Å². The number of benzene rings is 3. The number of hydrogen-bond acceptors (Lipinski definition) is 4. The molecule has 3 aliphatic heterocycles. The first-order valence-corrected chi connectivity index (χ1v) is 13.4. The third-order valence-electron chi connectivity index (χ3n) is 8.07. The largest absolute Gasteiger partial charge is 0.467 e. The second kappa shape index (κ2) is 9.24. The quantitative estimate of drug-likeness (QED) is 0.472. The van der Waals surface area contributed by atoms with Crippen LogP contribution in [-0.4, -0.2) is 48.7 Å². The molecular weight excluding hydrogens is 500 g/mol. The predicted octanol–water partition coefficient (Wildman–Crippen LogP) is 5.69. The Balaban J connectivity index is 1.21. The predicted molar refractivity (Wildman–Crippen MR) is 149 cm³/mol. The van der Waals surface area contributed by atoms with Gasteiger partial charge in [-0.05, 0) is 74.4 Å². The van der Waals surface area contributed by atoms with Gasteiger partial charge in [0.15, 0.2) is 5.72 Å². The third kappa shape index (κ3) is 4.15. The van der Waals surface area contributed by atoms with E-state index < -0.39 is 5.72 Å². The molecule has 3 heterocycles. The van der Waals surface area contributed by atoms with Gasteiger partial charge in [-0.3, -0.25) is 9.69 Å². The highest BCUT2D eigenvalue weighted by Gasteiger charge is 2.50. The van der Waals surface area contributed by atoms with Crippen molar-refractivity contribution in [1.29, 1.82) is 0 Å². The number of hydrogen-bond donors (Lipinski definition) is 1. The summed E-state index contributed by atoms with van der Waals surface area (Å²) in [6.45, 7) is 9.03. The Hall–Kier alpha value is -3.71. The summed E-state index contributed by atoms with van der Waals surface area (Å²) >= 11 is 6.20. The number of rotatable bonds is 3. The van der Waals surface area contributed by atoms with Gasteiger partial charge in [0.2, 0.25) is 0 Å². The summed E-state index contributed by atoms with van der Waals surface area (Å²) in [6, 6.07) is 18.7. The first-order chi connectivity index (χ1) is 18.2. The van der Waals surface area contributed by atoms with Crippen molar-refractivity contribution in [3.05, 3.63) is 87.9 Å². The molecule has 3 aromatic rings. The van der Waals surface area contributed by atoms with Crippen molar-refractivity contribution in [2.24, 2.45) is 0 Å². The molecule has 0 spiro atoms. The molecule has 38 heavy (non-hydrogen) atoms. The number of amides is 3. The molecule has 6 rings (SSSR count). The number of urea groups is 1. The van der Waals surface area contributed by atoms with E-state index in [9.17, 15) is 9.59 Å². The standard InChI is InChI=1S/C30H31ClN4O3/c1-19-6-4-9-26(20(19)2)33-12-14-34(15-13-33)28(36)21-7-5-8-23(16-21)35-29(37)32-25-18-30(35,3)38-27-11-10-22(31)17-24(25)27/h4-11,16-17,25H,12-15,18H2,1-3H3,(H,32,37). The lowest BCUT2D eigenvalue weighted by atomic mass is 9.90. The van der Waals surface area contributed by atoms with Crippen LogP contribution < -0.4 is 19.9 Å². The van der Waals surface area contributed by atoms with Gasteiger partial charge in [0.25, 0.3) is 5.91 Å². The average molecular weight is 531 g/mol. The maximum Gasteiger partial charge on any atom is 0.325 e. The van der Waals surface area contributed by atoms with Crippen molar-refractivity contribution in [3.63, 3.8) is 0 Å². The van der Waals surface area contributed by atoms with Crippen LogP contribution in [0.4, 0.5) is 16.2 Å². The van der Waals surface area contributed by atoms with Crippen molar-refractivity contribution in [3.8, 4) is 5.75 Å². The van der Waals surface area contributed by atoms with Crippen LogP contribution in [0.25, 0.3) is 0 Å². The van der Waals surface area contributed by atoms with Gasteiger partial charge in [-0.2, -0.15) is 0 Å². The lowest BCUT2D eigenvalue weighted by Crippen LogP contribution is -2.65. The fourth-order valence-corrected chi connectivity index (χ4v) is 6.11. The van der Waals surface area contributed by atoms with Crippen molar-refractivity contribution in [1.82, 2.24) is 10.2 Å². The van der Waals surface area contributed by atoms with Gasteiger partial charge < -0.3 is 19.9 Å². The molecule has 0 aromatic heterocycles. The highest BCUT2D eigenvalue weighted by atomic mass is 35.5. The fourth-order valence-electron chi connectivity index (χ4n) is 5.93. The fraction of sp³-hybridized carbons (Fsp3) is 0.333. The van der Waals surface area contributed by atoms with Crippen LogP contribution in [-0.2, 0) is 0 Å².